The quantitative estimate of drug-likeness (QED) is 0.663. The Labute approximate surface area is 160 Å². The molecule has 1 unspecified atom stereocenters. The summed E-state index contributed by atoms with van der Waals surface area (Å²) in [6.45, 7) is 0.531. The molecule has 1 aliphatic carbocycles. The molecule has 6 heteroatoms. The van der Waals surface area contributed by atoms with E-state index in [9.17, 15) is 9.59 Å². The number of rotatable bonds is 6. The molecule has 1 fully saturated rings. The van der Waals surface area contributed by atoms with Crippen molar-refractivity contribution >= 4 is 23.7 Å². The summed E-state index contributed by atoms with van der Waals surface area (Å²) in [6, 6.07) is 8.62. The van der Waals surface area contributed by atoms with E-state index in [1.165, 1.54) is 29.7 Å². The third-order valence-corrected chi connectivity index (χ3v) is 6.22. The van der Waals surface area contributed by atoms with Gasteiger partial charge in [0.2, 0.25) is 5.91 Å². The van der Waals surface area contributed by atoms with Gasteiger partial charge in [-0.25, -0.2) is 4.79 Å². The summed E-state index contributed by atoms with van der Waals surface area (Å²) >= 11 is 1.85. The van der Waals surface area contributed by atoms with Crippen molar-refractivity contribution in [3.8, 4) is 0 Å². The first-order valence-electron chi connectivity index (χ1n) is 9.78. The van der Waals surface area contributed by atoms with Crippen LogP contribution in [-0.4, -0.2) is 30.3 Å². The van der Waals surface area contributed by atoms with Crippen LogP contribution in [0.4, 0.5) is 4.79 Å². The molecule has 5 nitrogen and oxygen atoms in total. The molecular weight excluding hydrogens is 346 g/mol. The maximum Gasteiger partial charge on any atom is 0.315 e. The summed E-state index contributed by atoms with van der Waals surface area (Å²) in [5.41, 5.74) is 1.22. The Hall–Kier alpha value is -1.69. The number of carbonyl (C=O) groups is 2. The number of hydrogen-bond donors (Lipinski definition) is 3. The lowest BCUT2D eigenvalue weighted by Crippen LogP contribution is -2.43. The van der Waals surface area contributed by atoms with Crippen molar-refractivity contribution in [2.45, 2.75) is 68.3 Å². The van der Waals surface area contributed by atoms with E-state index < -0.39 is 0 Å². The predicted molar refractivity (Wildman–Crippen MR) is 105 cm³/mol. The van der Waals surface area contributed by atoms with Crippen molar-refractivity contribution in [2.75, 3.05) is 12.3 Å². The SMILES string of the molecule is O=C(CCCNC(=O)NC1CCCCC1)NC1CCSc2ccccc21. The smallest absolute Gasteiger partial charge is 0.315 e. The summed E-state index contributed by atoms with van der Waals surface area (Å²) in [6.07, 6.45) is 7.91. The van der Waals surface area contributed by atoms with Crippen LogP contribution in [0.2, 0.25) is 0 Å². The van der Waals surface area contributed by atoms with E-state index in [1.54, 1.807) is 0 Å². The minimum Gasteiger partial charge on any atom is -0.349 e. The molecular formula is C20H29N3O2S. The Morgan fingerprint density at radius 3 is 2.69 bits per heavy atom. The van der Waals surface area contributed by atoms with Crippen LogP contribution in [-0.2, 0) is 4.79 Å². The summed E-state index contributed by atoms with van der Waals surface area (Å²) < 4.78 is 0. The lowest BCUT2D eigenvalue weighted by molar-refractivity contribution is -0.122. The van der Waals surface area contributed by atoms with Gasteiger partial charge in [-0.1, -0.05) is 37.5 Å². The largest absolute Gasteiger partial charge is 0.349 e. The fraction of sp³-hybridized carbons (Fsp3) is 0.600. The Kier molecular flexibility index (Phi) is 7.23. The Balaban J connectivity index is 1.33. The number of hydrogen-bond acceptors (Lipinski definition) is 3. The minimum absolute atomic E-state index is 0.0613. The van der Waals surface area contributed by atoms with Gasteiger partial charge in [0.25, 0.3) is 0 Å². The molecule has 0 saturated heterocycles. The fourth-order valence-corrected chi connectivity index (χ4v) is 4.82. The highest BCUT2D eigenvalue weighted by Crippen LogP contribution is 2.35. The summed E-state index contributed by atoms with van der Waals surface area (Å²) in [7, 11) is 0. The van der Waals surface area contributed by atoms with Crippen LogP contribution in [0.3, 0.4) is 0 Å². The average Bonchev–Trinajstić information content (AvgIpc) is 2.66. The van der Waals surface area contributed by atoms with Crippen molar-refractivity contribution in [1.29, 1.82) is 0 Å². The maximum atomic E-state index is 12.2. The second-order valence-corrected chi connectivity index (χ2v) is 8.27. The zero-order chi connectivity index (χ0) is 18.2. The molecule has 1 aromatic carbocycles. The van der Waals surface area contributed by atoms with E-state index in [4.69, 9.17) is 0 Å². The topological polar surface area (TPSA) is 70.2 Å². The third kappa shape index (κ3) is 5.66. The second kappa shape index (κ2) is 9.86. The van der Waals surface area contributed by atoms with Crippen LogP contribution < -0.4 is 16.0 Å². The Bertz CT molecular complexity index is 617. The standard InChI is InChI=1S/C20H29N3O2S/c24-19(23-17-12-14-26-18-10-5-4-9-16(17)18)11-6-13-21-20(25)22-15-7-2-1-3-8-15/h4-5,9-10,15,17H,1-3,6-8,11-14H2,(H,23,24)(H2,21,22,25). The number of fused-ring (bicyclic) bond motifs is 1. The lowest BCUT2D eigenvalue weighted by atomic mass is 9.96. The van der Waals surface area contributed by atoms with Crippen molar-refractivity contribution in [3.63, 3.8) is 0 Å². The number of thioether (sulfide) groups is 1. The lowest BCUT2D eigenvalue weighted by Gasteiger charge is -2.26. The Morgan fingerprint density at radius 1 is 1.04 bits per heavy atom. The van der Waals surface area contributed by atoms with Crippen molar-refractivity contribution in [3.05, 3.63) is 29.8 Å². The minimum atomic E-state index is -0.101. The first kappa shape index (κ1) is 19.1. The molecule has 1 atom stereocenters. The first-order chi connectivity index (χ1) is 12.7. The van der Waals surface area contributed by atoms with Crippen LogP contribution in [0.1, 0.15) is 63.0 Å². The second-order valence-electron chi connectivity index (χ2n) is 7.13. The summed E-state index contributed by atoms with van der Waals surface area (Å²) in [5, 5.41) is 9.05. The monoisotopic (exact) mass is 375 g/mol. The van der Waals surface area contributed by atoms with Crippen LogP contribution in [0.25, 0.3) is 0 Å². The number of benzene rings is 1. The van der Waals surface area contributed by atoms with Gasteiger partial charge in [-0.2, -0.15) is 0 Å². The Morgan fingerprint density at radius 2 is 1.85 bits per heavy atom. The average molecular weight is 376 g/mol. The molecule has 3 amide bonds. The first-order valence-corrected chi connectivity index (χ1v) is 10.8. The van der Waals surface area contributed by atoms with Gasteiger partial charge in [0, 0.05) is 29.7 Å². The van der Waals surface area contributed by atoms with Crippen LogP contribution in [0.5, 0.6) is 0 Å². The van der Waals surface area contributed by atoms with E-state index >= 15 is 0 Å². The van der Waals surface area contributed by atoms with E-state index in [0.717, 1.165) is 25.0 Å². The van der Waals surface area contributed by atoms with Crippen LogP contribution >= 0.6 is 11.8 Å². The maximum absolute atomic E-state index is 12.2. The van der Waals surface area contributed by atoms with Gasteiger partial charge in [-0.3, -0.25) is 4.79 Å². The molecule has 1 aromatic rings. The van der Waals surface area contributed by atoms with Gasteiger partial charge in [0.1, 0.15) is 0 Å². The van der Waals surface area contributed by atoms with Gasteiger partial charge >= 0.3 is 6.03 Å². The van der Waals surface area contributed by atoms with Gasteiger partial charge in [-0.05, 0) is 37.3 Å². The molecule has 142 valence electrons. The molecule has 1 heterocycles. The predicted octanol–water partition coefficient (Wildman–Crippen LogP) is 3.75. The molecule has 26 heavy (non-hydrogen) atoms. The fourth-order valence-electron chi connectivity index (χ4n) is 3.69. The number of urea groups is 1. The van der Waals surface area contributed by atoms with Crippen molar-refractivity contribution < 1.29 is 9.59 Å². The van der Waals surface area contributed by atoms with Gasteiger partial charge in [0.15, 0.2) is 0 Å². The van der Waals surface area contributed by atoms with E-state index in [-0.39, 0.29) is 18.0 Å². The molecule has 3 rings (SSSR count). The zero-order valence-electron chi connectivity index (χ0n) is 15.3. The number of nitrogens with one attached hydrogen (secondary N) is 3. The van der Waals surface area contributed by atoms with Gasteiger partial charge < -0.3 is 16.0 Å². The molecule has 0 spiro atoms. The molecule has 2 aliphatic rings. The summed E-state index contributed by atoms with van der Waals surface area (Å²) in [5.74, 6) is 1.09. The van der Waals surface area contributed by atoms with E-state index in [1.807, 2.05) is 23.9 Å². The molecule has 1 saturated carbocycles. The van der Waals surface area contributed by atoms with Crippen molar-refractivity contribution in [2.24, 2.45) is 0 Å². The van der Waals surface area contributed by atoms with E-state index in [2.05, 4.69) is 28.1 Å². The molecule has 0 aromatic heterocycles. The van der Waals surface area contributed by atoms with Crippen LogP contribution in [0, 0.1) is 0 Å². The van der Waals surface area contributed by atoms with Crippen LogP contribution in [0.15, 0.2) is 29.2 Å². The normalized spacial score (nSPS) is 20.1. The molecule has 0 bridgehead atoms. The van der Waals surface area contributed by atoms with E-state index in [0.29, 0.717) is 25.4 Å². The molecule has 0 radical (unpaired) electrons. The van der Waals surface area contributed by atoms with Gasteiger partial charge in [-0.15, -0.1) is 11.8 Å². The molecule has 3 N–H and O–H groups in total. The van der Waals surface area contributed by atoms with Gasteiger partial charge in [0.05, 0.1) is 6.04 Å². The zero-order valence-corrected chi connectivity index (χ0v) is 16.1. The van der Waals surface area contributed by atoms with Crippen molar-refractivity contribution in [1.82, 2.24) is 16.0 Å². The number of carbonyl (C=O) groups excluding carboxylic acids is 2. The molecule has 1 aliphatic heterocycles. The number of amides is 3. The summed E-state index contributed by atoms with van der Waals surface area (Å²) in [4.78, 5) is 25.4. The highest BCUT2D eigenvalue weighted by molar-refractivity contribution is 7.99. The third-order valence-electron chi connectivity index (χ3n) is 5.10. The highest BCUT2D eigenvalue weighted by atomic mass is 32.2. The highest BCUT2D eigenvalue weighted by Gasteiger charge is 2.21.